The standard InChI is InChI=1S/C21H32O/c1-14(22)17-9-10-18-16-8-7-15-6-4-5-12-20(15,2)19(16)11-13-21(17,18)3/h9,15-16,18-19,22H,1,4-8,10-13H2,2-3H3/t15?,16-,18-,19-,20-,21+/m0/s1. The van der Waals surface area contributed by atoms with Crippen LogP contribution in [0.4, 0.5) is 0 Å². The van der Waals surface area contributed by atoms with Crippen molar-refractivity contribution in [2.24, 2.45) is 34.5 Å². The van der Waals surface area contributed by atoms with Gasteiger partial charge in [-0.2, -0.15) is 0 Å². The topological polar surface area (TPSA) is 20.2 Å². The molecule has 3 fully saturated rings. The highest BCUT2D eigenvalue weighted by Crippen LogP contribution is 2.66. The number of hydrogen-bond acceptors (Lipinski definition) is 1. The zero-order valence-electron chi connectivity index (χ0n) is 14.4. The lowest BCUT2D eigenvalue weighted by Gasteiger charge is -2.60. The fraction of sp³-hybridized carbons (Fsp3) is 0.810. The van der Waals surface area contributed by atoms with Crippen molar-refractivity contribution in [3.63, 3.8) is 0 Å². The molecule has 4 aliphatic rings. The highest BCUT2D eigenvalue weighted by Gasteiger charge is 2.58. The molecule has 0 bridgehead atoms. The van der Waals surface area contributed by atoms with Gasteiger partial charge in [0.25, 0.3) is 0 Å². The summed E-state index contributed by atoms with van der Waals surface area (Å²) in [6.07, 6.45) is 14.9. The monoisotopic (exact) mass is 300 g/mol. The second kappa shape index (κ2) is 4.89. The third-order valence-corrected chi connectivity index (χ3v) is 8.47. The van der Waals surface area contributed by atoms with Gasteiger partial charge >= 0.3 is 0 Å². The Bertz CT molecular complexity index is 518. The average molecular weight is 300 g/mol. The minimum atomic E-state index is 0.199. The van der Waals surface area contributed by atoms with Crippen LogP contribution in [0.3, 0.4) is 0 Å². The summed E-state index contributed by atoms with van der Waals surface area (Å²) in [4.78, 5) is 0. The summed E-state index contributed by atoms with van der Waals surface area (Å²) in [7, 11) is 0. The van der Waals surface area contributed by atoms with Gasteiger partial charge in [0.1, 0.15) is 5.76 Å². The van der Waals surface area contributed by atoms with Crippen LogP contribution in [0.5, 0.6) is 0 Å². The largest absolute Gasteiger partial charge is 0.508 e. The molecule has 22 heavy (non-hydrogen) atoms. The van der Waals surface area contributed by atoms with Crippen molar-refractivity contribution < 1.29 is 5.11 Å². The van der Waals surface area contributed by atoms with E-state index in [9.17, 15) is 5.11 Å². The number of allylic oxidation sites excluding steroid dienone is 2. The summed E-state index contributed by atoms with van der Waals surface area (Å²) in [5.41, 5.74) is 1.98. The zero-order valence-corrected chi connectivity index (χ0v) is 14.4. The third-order valence-electron chi connectivity index (χ3n) is 8.47. The maximum atomic E-state index is 10.0. The van der Waals surface area contributed by atoms with E-state index in [1.807, 2.05) is 0 Å². The van der Waals surface area contributed by atoms with E-state index in [-0.39, 0.29) is 5.41 Å². The van der Waals surface area contributed by atoms with E-state index in [1.165, 1.54) is 63.4 Å². The lowest BCUT2D eigenvalue weighted by molar-refractivity contribution is -0.0989. The Morgan fingerprint density at radius 1 is 1.09 bits per heavy atom. The molecule has 1 heteroatoms. The molecule has 0 aromatic rings. The third kappa shape index (κ3) is 1.83. The van der Waals surface area contributed by atoms with E-state index >= 15 is 0 Å². The Labute approximate surface area is 135 Å². The molecule has 1 unspecified atom stereocenters. The van der Waals surface area contributed by atoms with Crippen LogP contribution < -0.4 is 0 Å². The maximum Gasteiger partial charge on any atom is 0.111 e. The molecular formula is C21H32O. The smallest absolute Gasteiger partial charge is 0.111 e. The number of rotatable bonds is 1. The van der Waals surface area contributed by atoms with Crippen LogP contribution in [0.25, 0.3) is 0 Å². The molecule has 0 heterocycles. The Hall–Kier alpha value is -0.720. The lowest BCUT2D eigenvalue weighted by atomic mass is 9.45. The van der Waals surface area contributed by atoms with Gasteiger partial charge in [0.15, 0.2) is 0 Å². The summed E-state index contributed by atoms with van der Waals surface area (Å²) in [6, 6.07) is 0. The van der Waals surface area contributed by atoms with Crippen LogP contribution in [0, 0.1) is 34.5 Å². The number of hydrogen-bond donors (Lipinski definition) is 1. The fourth-order valence-electron chi connectivity index (χ4n) is 7.31. The van der Waals surface area contributed by atoms with Gasteiger partial charge in [-0.1, -0.05) is 39.3 Å². The quantitative estimate of drug-likeness (QED) is 0.586. The SMILES string of the molecule is C=C(O)C1=CC[C@H]2[C@@H]3CCC4CCCC[C@]4(C)[C@H]3CC[C@]12C. The first-order valence-corrected chi connectivity index (χ1v) is 9.56. The second-order valence-electron chi connectivity index (χ2n) is 9.16. The molecule has 0 amide bonds. The van der Waals surface area contributed by atoms with Gasteiger partial charge in [0.2, 0.25) is 0 Å². The van der Waals surface area contributed by atoms with Gasteiger partial charge in [-0.25, -0.2) is 0 Å². The van der Waals surface area contributed by atoms with Crippen LogP contribution in [-0.4, -0.2) is 5.11 Å². The summed E-state index contributed by atoms with van der Waals surface area (Å²) < 4.78 is 0. The van der Waals surface area contributed by atoms with Crippen molar-refractivity contribution in [2.45, 2.75) is 71.6 Å². The van der Waals surface area contributed by atoms with Crippen molar-refractivity contribution in [1.82, 2.24) is 0 Å². The van der Waals surface area contributed by atoms with Crippen molar-refractivity contribution in [3.8, 4) is 0 Å². The molecular weight excluding hydrogens is 268 g/mol. The first-order valence-electron chi connectivity index (χ1n) is 9.56. The minimum absolute atomic E-state index is 0.199. The van der Waals surface area contributed by atoms with Crippen LogP contribution >= 0.6 is 0 Å². The highest BCUT2D eigenvalue weighted by atomic mass is 16.3. The summed E-state index contributed by atoms with van der Waals surface area (Å²) >= 11 is 0. The first-order chi connectivity index (χ1) is 10.5. The number of aliphatic hydroxyl groups is 1. The van der Waals surface area contributed by atoms with Gasteiger partial charge < -0.3 is 5.11 Å². The first kappa shape index (κ1) is 14.8. The summed E-state index contributed by atoms with van der Waals surface area (Å²) in [5, 5.41) is 10.0. The fourth-order valence-corrected chi connectivity index (χ4v) is 7.31. The van der Waals surface area contributed by atoms with Crippen LogP contribution in [0.2, 0.25) is 0 Å². The molecule has 3 saturated carbocycles. The molecule has 4 aliphatic carbocycles. The Balaban J connectivity index is 1.64. The zero-order chi connectivity index (χ0) is 15.5. The van der Waals surface area contributed by atoms with Crippen LogP contribution in [-0.2, 0) is 0 Å². The Morgan fingerprint density at radius 2 is 1.91 bits per heavy atom. The van der Waals surface area contributed by atoms with Gasteiger partial charge in [-0.15, -0.1) is 0 Å². The molecule has 0 aromatic heterocycles. The predicted octanol–water partition coefficient (Wildman–Crippen LogP) is 6.03. The van der Waals surface area contributed by atoms with Crippen LogP contribution in [0.1, 0.15) is 71.6 Å². The van der Waals surface area contributed by atoms with Crippen molar-refractivity contribution >= 4 is 0 Å². The number of fused-ring (bicyclic) bond motifs is 5. The highest BCUT2D eigenvalue weighted by molar-refractivity contribution is 5.36. The van der Waals surface area contributed by atoms with E-state index in [0.29, 0.717) is 11.2 Å². The minimum Gasteiger partial charge on any atom is -0.508 e. The molecule has 0 radical (unpaired) electrons. The van der Waals surface area contributed by atoms with Gasteiger partial charge in [0.05, 0.1) is 0 Å². The van der Waals surface area contributed by atoms with E-state index in [0.717, 1.165) is 23.7 Å². The number of aliphatic hydroxyl groups excluding tert-OH is 1. The van der Waals surface area contributed by atoms with Crippen LogP contribution in [0.15, 0.2) is 24.0 Å². The average Bonchev–Trinajstić information content (AvgIpc) is 2.84. The molecule has 0 spiro atoms. The van der Waals surface area contributed by atoms with Crippen molar-refractivity contribution in [1.29, 1.82) is 0 Å². The van der Waals surface area contributed by atoms with E-state index in [4.69, 9.17) is 0 Å². The van der Waals surface area contributed by atoms with Gasteiger partial charge in [-0.05, 0) is 85.0 Å². The molecule has 122 valence electrons. The maximum absolute atomic E-state index is 10.0. The molecule has 1 nitrogen and oxygen atoms in total. The van der Waals surface area contributed by atoms with Crippen molar-refractivity contribution in [2.75, 3.05) is 0 Å². The van der Waals surface area contributed by atoms with E-state index < -0.39 is 0 Å². The van der Waals surface area contributed by atoms with Gasteiger partial charge in [-0.3, -0.25) is 0 Å². The predicted molar refractivity (Wildman–Crippen MR) is 91.6 cm³/mol. The van der Waals surface area contributed by atoms with Crippen molar-refractivity contribution in [3.05, 3.63) is 24.0 Å². The summed E-state index contributed by atoms with van der Waals surface area (Å²) in [5.74, 6) is 3.90. The molecule has 0 aromatic carbocycles. The molecule has 6 atom stereocenters. The molecule has 0 aliphatic heterocycles. The summed E-state index contributed by atoms with van der Waals surface area (Å²) in [6.45, 7) is 8.88. The normalized spacial score (nSPS) is 50.5. The Kier molecular flexibility index (Phi) is 3.30. The molecule has 4 rings (SSSR count). The van der Waals surface area contributed by atoms with Gasteiger partial charge in [0, 0.05) is 0 Å². The molecule has 1 N–H and O–H groups in total. The second-order valence-corrected chi connectivity index (χ2v) is 9.16. The lowest BCUT2D eigenvalue weighted by Crippen LogP contribution is -2.52. The van der Waals surface area contributed by atoms with E-state index in [2.05, 4.69) is 26.5 Å². The Morgan fingerprint density at radius 3 is 2.68 bits per heavy atom. The molecule has 0 saturated heterocycles. The van der Waals surface area contributed by atoms with E-state index in [1.54, 1.807) is 0 Å².